The number of carboxylic acid groups (broad SMARTS) is 1. The third-order valence-corrected chi connectivity index (χ3v) is 9.55. The summed E-state index contributed by atoms with van der Waals surface area (Å²) in [4.78, 5) is 22.6. The molecule has 1 fully saturated rings. The number of pyridine rings is 1. The quantitative estimate of drug-likeness (QED) is 0.240. The Hall–Kier alpha value is -4.24. The van der Waals surface area contributed by atoms with Gasteiger partial charge in [-0.3, -0.25) is 9.69 Å². The molecule has 3 aliphatic rings. The summed E-state index contributed by atoms with van der Waals surface area (Å²) in [6.07, 6.45) is 8.66. The van der Waals surface area contributed by atoms with Crippen LogP contribution < -0.4 is 9.47 Å². The maximum absolute atomic E-state index is 15.2. The van der Waals surface area contributed by atoms with Gasteiger partial charge in [-0.15, -0.1) is 0 Å². The lowest BCUT2D eigenvalue weighted by Crippen LogP contribution is -2.32. The van der Waals surface area contributed by atoms with Crippen molar-refractivity contribution < 1.29 is 23.8 Å². The molecule has 9 heteroatoms. The zero-order valence-corrected chi connectivity index (χ0v) is 25.1. The van der Waals surface area contributed by atoms with Crippen LogP contribution in [0.4, 0.5) is 4.39 Å². The van der Waals surface area contributed by atoms with E-state index < -0.39 is 17.7 Å². The Morgan fingerprint density at radius 2 is 1.98 bits per heavy atom. The Balaban J connectivity index is 1.21. The minimum Gasteiger partial charge on any atom is -0.485 e. The second-order valence-electron chi connectivity index (χ2n) is 12.4. The van der Waals surface area contributed by atoms with Crippen molar-refractivity contribution in [2.24, 2.45) is 11.8 Å². The number of hydrogen-bond acceptors (Lipinski definition) is 6. The molecule has 4 aromatic rings. The van der Waals surface area contributed by atoms with Gasteiger partial charge in [0.15, 0.2) is 0 Å². The summed E-state index contributed by atoms with van der Waals surface area (Å²) in [5.74, 6) is -0.00396. The molecule has 0 bridgehead atoms. The molecule has 2 unspecified atom stereocenters. The van der Waals surface area contributed by atoms with Gasteiger partial charge in [0.25, 0.3) is 0 Å². The summed E-state index contributed by atoms with van der Waals surface area (Å²) in [5.41, 5.74) is 6.67. The van der Waals surface area contributed by atoms with Crippen LogP contribution in [0, 0.1) is 17.7 Å². The van der Waals surface area contributed by atoms with Crippen LogP contribution in [0.5, 0.6) is 11.6 Å². The van der Waals surface area contributed by atoms with Crippen molar-refractivity contribution in [3.05, 3.63) is 95.0 Å². The minimum absolute atomic E-state index is 0.0132. The number of carboxylic acids is 1. The summed E-state index contributed by atoms with van der Waals surface area (Å²) in [5, 5.41) is 9.78. The first kappa shape index (κ1) is 28.5. The van der Waals surface area contributed by atoms with Gasteiger partial charge in [0.1, 0.15) is 17.7 Å². The van der Waals surface area contributed by atoms with E-state index in [2.05, 4.69) is 43.7 Å². The van der Waals surface area contributed by atoms with Crippen LogP contribution in [0.25, 0.3) is 11.1 Å². The van der Waals surface area contributed by atoms with Crippen LogP contribution in [-0.2, 0) is 30.8 Å². The van der Waals surface area contributed by atoms with Crippen molar-refractivity contribution in [3.63, 3.8) is 0 Å². The van der Waals surface area contributed by atoms with E-state index in [1.807, 2.05) is 31.6 Å². The standard InChI is InChI=1S/C35H37FN4O4/c1-21(35(41)42)34(23-4-5-23)25-6-3-22-8-10-31(44-32(22)14-25)24-7-9-28(29-15-33(43-2)38-17-30(29)36)26(13-24)18-39-11-12-40-20-37-16-27(40)19-39/h3,6-7,9,13-17,20-21,23,31,34H,4-5,8,10-12,18-19H2,1-2H3,(H,41,42)/t21-,31?,34?/m0/s1. The average Bonchev–Trinajstić information content (AvgIpc) is 3.76. The molecule has 0 saturated heterocycles. The highest BCUT2D eigenvalue weighted by atomic mass is 19.1. The fourth-order valence-corrected chi connectivity index (χ4v) is 6.97. The van der Waals surface area contributed by atoms with Gasteiger partial charge in [-0.05, 0) is 71.4 Å². The fraction of sp³-hybridized carbons (Fsp3) is 0.400. The van der Waals surface area contributed by atoms with Crippen molar-refractivity contribution >= 4 is 5.97 Å². The smallest absolute Gasteiger partial charge is 0.306 e. The maximum Gasteiger partial charge on any atom is 0.306 e. The number of aliphatic carboxylic acids is 1. The zero-order chi connectivity index (χ0) is 30.4. The molecular weight excluding hydrogens is 559 g/mol. The third-order valence-electron chi connectivity index (χ3n) is 9.55. The summed E-state index contributed by atoms with van der Waals surface area (Å²) in [6, 6.07) is 14.1. The van der Waals surface area contributed by atoms with Gasteiger partial charge in [-0.2, -0.15) is 0 Å². The SMILES string of the molecule is COc1cc(-c2ccc(C3CCc4ccc(C(C5CC5)[C@H](C)C(=O)O)cc4O3)cc2CN2CCn3cncc3C2)c(F)cn1. The number of rotatable bonds is 9. The normalized spacial score (nSPS) is 19.4. The number of carbonyl (C=O) groups is 1. The van der Waals surface area contributed by atoms with Gasteiger partial charge < -0.3 is 19.1 Å². The van der Waals surface area contributed by atoms with Crippen molar-refractivity contribution in [1.82, 2.24) is 19.4 Å². The van der Waals surface area contributed by atoms with E-state index in [4.69, 9.17) is 9.47 Å². The van der Waals surface area contributed by atoms with Gasteiger partial charge in [0, 0.05) is 44.0 Å². The monoisotopic (exact) mass is 596 g/mol. The average molecular weight is 597 g/mol. The number of imidazole rings is 1. The molecule has 1 aliphatic carbocycles. The molecule has 3 atom stereocenters. The molecule has 4 heterocycles. The largest absolute Gasteiger partial charge is 0.485 e. The minimum atomic E-state index is -0.757. The number of methoxy groups -OCH3 is 1. The van der Waals surface area contributed by atoms with Crippen molar-refractivity contribution in [1.29, 1.82) is 0 Å². The van der Waals surface area contributed by atoms with Crippen LogP contribution in [-0.4, -0.2) is 44.2 Å². The van der Waals surface area contributed by atoms with Crippen molar-refractivity contribution in [2.45, 2.75) is 64.3 Å². The lowest BCUT2D eigenvalue weighted by atomic mass is 9.82. The second-order valence-corrected chi connectivity index (χ2v) is 12.4. The molecule has 0 radical (unpaired) electrons. The molecule has 2 aromatic carbocycles. The molecular formula is C35H37FN4O4. The molecule has 8 nitrogen and oxygen atoms in total. The fourth-order valence-electron chi connectivity index (χ4n) is 6.97. The Morgan fingerprint density at radius 3 is 2.77 bits per heavy atom. The maximum atomic E-state index is 15.2. The van der Waals surface area contributed by atoms with E-state index in [-0.39, 0.29) is 12.0 Å². The van der Waals surface area contributed by atoms with E-state index in [9.17, 15) is 9.90 Å². The van der Waals surface area contributed by atoms with E-state index in [0.717, 1.165) is 84.6 Å². The lowest BCUT2D eigenvalue weighted by molar-refractivity contribution is -0.142. The van der Waals surface area contributed by atoms with Gasteiger partial charge in [-0.25, -0.2) is 14.4 Å². The number of hydrogen-bond donors (Lipinski definition) is 1. The molecule has 44 heavy (non-hydrogen) atoms. The van der Waals surface area contributed by atoms with Crippen LogP contribution >= 0.6 is 0 Å². The molecule has 2 aliphatic heterocycles. The summed E-state index contributed by atoms with van der Waals surface area (Å²) in [7, 11) is 1.53. The molecule has 2 aromatic heterocycles. The Morgan fingerprint density at radius 1 is 1.11 bits per heavy atom. The van der Waals surface area contributed by atoms with Crippen molar-refractivity contribution in [2.75, 3.05) is 13.7 Å². The van der Waals surface area contributed by atoms with Crippen LogP contribution in [0.2, 0.25) is 0 Å². The lowest BCUT2D eigenvalue weighted by Gasteiger charge is -2.31. The molecule has 7 rings (SSSR count). The first-order chi connectivity index (χ1) is 21.4. The number of halogens is 1. The second kappa shape index (κ2) is 11.7. The number of aryl methyl sites for hydroxylation is 1. The van der Waals surface area contributed by atoms with E-state index in [0.29, 0.717) is 23.9 Å². The van der Waals surface area contributed by atoms with Crippen LogP contribution in [0.1, 0.15) is 66.2 Å². The molecule has 1 saturated carbocycles. The molecule has 0 spiro atoms. The highest BCUT2D eigenvalue weighted by Crippen LogP contribution is 2.48. The van der Waals surface area contributed by atoms with E-state index in [1.54, 1.807) is 6.07 Å². The molecule has 0 amide bonds. The highest BCUT2D eigenvalue weighted by Gasteiger charge is 2.39. The predicted molar refractivity (Wildman–Crippen MR) is 163 cm³/mol. The van der Waals surface area contributed by atoms with Gasteiger partial charge in [0.2, 0.25) is 5.88 Å². The summed E-state index contributed by atoms with van der Waals surface area (Å²) < 4.78 is 29.4. The number of benzene rings is 2. The Labute approximate surface area is 256 Å². The third kappa shape index (κ3) is 5.56. The van der Waals surface area contributed by atoms with Crippen LogP contribution in [0.3, 0.4) is 0 Å². The zero-order valence-electron chi connectivity index (χ0n) is 25.1. The Kier molecular flexibility index (Phi) is 7.58. The first-order valence-electron chi connectivity index (χ1n) is 15.4. The van der Waals surface area contributed by atoms with E-state index >= 15 is 4.39 Å². The molecule has 228 valence electrons. The molecule has 1 N–H and O–H groups in total. The first-order valence-corrected chi connectivity index (χ1v) is 15.4. The van der Waals surface area contributed by atoms with Gasteiger partial charge in [-0.1, -0.05) is 37.3 Å². The summed E-state index contributed by atoms with van der Waals surface area (Å²) >= 11 is 0. The topological polar surface area (TPSA) is 89.7 Å². The van der Waals surface area contributed by atoms with Crippen molar-refractivity contribution in [3.8, 4) is 22.8 Å². The number of aromatic nitrogens is 3. The predicted octanol–water partition coefficient (Wildman–Crippen LogP) is 6.39. The van der Waals surface area contributed by atoms with Gasteiger partial charge >= 0.3 is 5.97 Å². The van der Waals surface area contributed by atoms with Gasteiger partial charge in [0.05, 0.1) is 31.2 Å². The summed E-state index contributed by atoms with van der Waals surface area (Å²) in [6.45, 7) is 4.94. The van der Waals surface area contributed by atoms with E-state index in [1.165, 1.54) is 13.3 Å². The number of nitrogens with zero attached hydrogens (tertiary/aromatic N) is 4. The number of fused-ring (bicyclic) bond motifs is 2. The highest BCUT2D eigenvalue weighted by molar-refractivity contribution is 5.71. The Bertz CT molecular complexity index is 1700. The van der Waals surface area contributed by atoms with Crippen LogP contribution in [0.15, 0.2) is 61.2 Å². The number of ether oxygens (including phenoxy) is 2.